The number of pyridine rings is 1. The van der Waals surface area contributed by atoms with Crippen LogP contribution in [0.1, 0.15) is 30.9 Å². The molecule has 1 aliphatic carbocycles. The number of hydrogen-bond acceptors (Lipinski definition) is 3. The number of nitrogens with one attached hydrogen (secondary N) is 1. The van der Waals surface area contributed by atoms with Gasteiger partial charge in [0, 0.05) is 19.8 Å². The molecule has 6 heteroatoms. The van der Waals surface area contributed by atoms with Gasteiger partial charge in [-0.3, -0.25) is 10.1 Å². The molecule has 0 aliphatic heterocycles. The maximum absolute atomic E-state index is 12.0. The molecule has 1 atom stereocenters. The number of aryl methyl sites for hydroxylation is 2. The summed E-state index contributed by atoms with van der Waals surface area (Å²) in [4.78, 5) is 28.4. The standard InChI is InChI=1S/C15H21N3O3/c1-10(14(19)20)9-18(2)15(21)17-13-7-11-5-3-4-6-12(11)8-16-13/h7-8,10H,3-6,9H2,1-2H3,(H,19,20)(H,16,17,21). The molecule has 114 valence electrons. The molecule has 1 aromatic rings. The Bertz CT molecular complexity index is 545. The zero-order valence-electron chi connectivity index (χ0n) is 12.4. The van der Waals surface area contributed by atoms with Crippen LogP contribution in [0.3, 0.4) is 0 Å². The van der Waals surface area contributed by atoms with Crippen LogP contribution in [0, 0.1) is 5.92 Å². The van der Waals surface area contributed by atoms with Crippen LogP contribution in [-0.2, 0) is 17.6 Å². The first-order valence-electron chi connectivity index (χ1n) is 7.20. The molecular formula is C15H21N3O3. The van der Waals surface area contributed by atoms with Crippen molar-refractivity contribution in [3.05, 3.63) is 23.4 Å². The number of rotatable bonds is 4. The lowest BCUT2D eigenvalue weighted by Gasteiger charge is -2.21. The van der Waals surface area contributed by atoms with Gasteiger partial charge in [0.25, 0.3) is 0 Å². The second-order valence-corrected chi connectivity index (χ2v) is 5.60. The number of carboxylic acids is 1. The Labute approximate surface area is 124 Å². The average Bonchev–Trinajstić information content (AvgIpc) is 2.46. The largest absolute Gasteiger partial charge is 0.481 e. The Morgan fingerprint density at radius 2 is 2.05 bits per heavy atom. The van der Waals surface area contributed by atoms with Crippen molar-refractivity contribution in [2.75, 3.05) is 18.9 Å². The Kier molecular flexibility index (Phi) is 4.77. The van der Waals surface area contributed by atoms with Gasteiger partial charge in [-0.25, -0.2) is 9.78 Å². The van der Waals surface area contributed by atoms with E-state index in [4.69, 9.17) is 5.11 Å². The number of amides is 2. The van der Waals surface area contributed by atoms with Gasteiger partial charge in [0.2, 0.25) is 0 Å². The monoisotopic (exact) mass is 291 g/mol. The van der Waals surface area contributed by atoms with Crippen LogP contribution in [0.15, 0.2) is 12.3 Å². The summed E-state index contributed by atoms with van der Waals surface area (Å²) in [6.45, 7) is 1.73. The van der Waals surface area contributed by atoms with Crippen molar-refractivity contribution in [3.8, 4) is 0 Å². The molecule has 6 nitrogen and oxygen atoms in total. The molecule has 2 N–H and O–H groups in total. The minimum Gasteiger partial charge on any atom is -0.481 e. The zero-order valence-corrected chi connectivity index (χ0v) is 12.4. The Balaban J connectivity index is 1.97. The summed E-state index contributed by atoms with van der Waals surface area (Å²) in [5.41, 5.74) is 2.50. The molecule has 1 aromatic heterocycles. The Hall–Kier alpha value is -2.11. The third kappa shape index (κ3) is 3.93. The van der Waals surface area contributed by atoms with Crippen LogP contribution in [0.2, 0.25) is 0 Å². The minimum absolute atomic E-state index is 0.159. The molecule has 2 amide bonds. The summed E-state index contributed by atoms with van der Waals surface area (Å²) in [7, 11) is 1.58. The first-order valence-corrected chi connectivity index (χ1v) is 7.20. The SMILES string of the molecule is CC(CN(C)C(=O)Nc1cc2c(cn1)CCCC2)C(=O)O. The summed E-state index contributed by atoms with van der Waals surface area (Å²) in [6.07, 6.45) is 6.25. The van der Waals surface area contributed by atoms with E-state index in [2.05, 4.69) is 10.3 Å². The first-order chi connectivity index (χ1) is 9.97. The molecule has 21 heavy (non-hydrogen) atoms. The number of aromatic nitrogens is 1. The highest BCUT2D eigenvalue weighted by Crippen LogP contribution is 2.22. The summed E-state index contributed by atoms with van der Waals surface area (Å²) in [5, 5.41) is 11.6. The topological polar surface area (TPSA) is 82.5 Å². The first kappa shape index (κ1) is 15.3. The van der Waals surface area contributed by atoms with E-state index in [0.29, 0.717) is 5.82 Å². The number of carboxylic acid groups (broad SMARTS) is 1. The maximum atomic E-state index is 12.0. The molecule has 1 aliphatic rings. The molecule has 0 radical (unpaired) electrons. The molecule has 0 fully saturated rings. The van der Waals surface area contributed by atoms with Crippen LogP contribution in [0.5, 0.6) is 0 Å². The second-order valence-electron chi connectivity index (χ2n) is 5.60. The van der Waals surface area contributed by atoms with Crippen molar-refractivity contribution in [3.63, 3.8) is 0 Å². The number of carbonyl (C=O) groups excluding carboxylic acids is 1. The number of hydrogen-bond donors (Lipinski definition) is 2. The van der Waals surface area contributed by atoms with Gasteiger partial charge in [-0.1, -0.05) is 6.92 Å². The van der Waals surface area contributed by atoms with E-state index < -0.39 is 11.9 Å². The van der Waals surface area contributed by atoms with Crippen molar-refractivity contribution < 1.29 is 14.7 Å². The highest BCUT2D eigenvalue weighted by atomic mass is 16.4. The van der Waals surface area contributed by atoms with E-state index in [0.717, 1.165) is 12.8 Å². The van der Waals surface area contributed by atoms with Crippen LogP contribution in [-0.4, -0.2) is 40.6 Å². The van der Waals surface area contributed by atoms with Crippen LogP contribution < -0.4 is 5.32 Å². The summed E-state index contributed by atoms with van der Waals surface area (Å²) >= 11 is 0. The number of anilines is 1. The van der Waals surface area contributed by atoms with Gasteiger partial charge in [-0.15, -0.1) is 0 Å². The number of nitrogens with zero attached hydrogens (tertiary/aromatic N) is 2. The zero-order chi connectivity index (χ0) is 15.4. The molecule has 0 aromatic carbocycles. The predicted molar refractivity (Wildman–Crippen MR) is 79.3 cm³/mol. The van der Waals surface area contributed by atoms with Crippen LogP contribution in [0.25, 0.3) is 0 Å². The Morgan fingerprint density at radius 3 is 2.71 bits per heavy atom. The maximum Gasteiger partial charge on any atom is 0.322 e. The minimum atomic E-state index is -0.915. The highest BCUT2D eigenvalue weighted by molar-refractivity contribution is 5.88. The normalized spacial score (nSPS) is 15.0. The number of fused-ring (bicyclic) bond motifs is 1. The van der Waals surface area contributed by atoms with Gasteiger partial charge >= 0.3 is 12.0 Å². The summed E-state index contributed by atoms with van der Waals surface area (Å²) in [6, 6.07) is 1.58. The highest BCUT2D eigenvalue weighted by Gasteiger charge is 2.18. The van der Waals surface area contributed by atoms with E-state index in [1.165, 1.54) is 28.9 Å². The lowest BCUT2D eigenvalue weighted by atomic mass is 9.93. The fraction of sp³-hybridized carbons (Fsp3) is 0.533. The van der Waals surface area contributed by atoms with Gasteiger partial charge < -0.3 is 10.0 Å². The quantitative estimate of drug-likeness (QED) is 0.890. The molecule has 0 saturated heterocycles. The van der Waals surface area contributed by atoms with Crippen molar-refractivity contribution in [2.45, 2.75) is 32.6 Å². The van der Waals surface area contributed by atoms with E-state index in [1.807, 2.05) is 12.3 Å². The van der Waals surface area contributed by atoms with Crippen LogP contribution in [0.4, 0.5) is 10.6 Å². The average molecular weight is 291 g/mol. The third-order valence-electron chi connectivity index (χ3n) is 3.78. The molecule has 1 unspecified atom stereocenters. The van der Waals surface area contributed by atoms with Crippen LogP contribution >= 0.6 is 0 Å². The lowest BCUT2D eigenvalue weighted by Crippen LogP contribution is -2.36. The van der Waals surface area contributed by atoms with Crippen molar-refractivity contribution >= 4 is 17.8 Å². The van der Waals surface area contributed by atoms with Crippen molar-refractivity contribution in [1.29, 1.82) is 0 Å². The number of urea groups is 1. The van der Waals surface area contributed by atoms with Gasteiger partial charge in [0.15, 0.2) is 0 Å². The smallest absolute Gasteiger partial charge is 0.322 e. The molecule has 1 heterocycles. The second kappa shape index (κ2) is 6.56. The van der Waals surface area contributed by atoms with E-state index in [-0.39, 0.29) is 12.6 Å². The van der Waals surface area contributed by atoms with E-state index in [1.54, 1.807) is 14.0 Å². The van der Waals surface area contributed by atoms with Crippen molar-refractivity contribution in [1.82, 2.24) is 9.88 Å². The van der Waals surface area contributed by atoms with Crippen molar-refractivity contribution in [2.24, 2.45) is 5.92 Å². The Morgan fingerprint density at radius 1 is 1.38 bits per heavy atom. The van der Waals surface area contributed by atoms with Gasteiger partial charge in [-0.05, 0) is 42.9 Å². The van der Waals surface area contributed by atoms with E-state index in [9.17, 15) is 9.59 Å². The molecule has 0 saturated carbocycles. The van der Waals surface area contributed by atoms with Gasteiger partial charge in [0.1, 0.15) is 5.82 Å². The lowest BCUT2D eigenvalue weighted by molar-refractivity contribution is -0.141. The molecular weight excluding hydrogens is 270 g/mol. The van der Waals surface area contributed by atoms with Gasteiger partial charge in [-0.2, -0.15) is 0 Å². The predicted octanol–water partition coefficient (Wildman–Crippen LogP) is 2.14. The fourth-order valence-electron chi connectivity index (χ4n) is 2.46. The molecule has 0 bridgehead atoms. The fourth-order valence-corrected chi connectivity index (χ4v) is 2.46. The molecule has 2 rings (SSSR count). The third-order valence-corrected chi connectivity index (χ3v) is 3.78. The van der Waals surface area contributed by atoms with E-state index >= 15 is 0 Å². The number of aliphatic carboxylic acids is 1. The van der Waals surface area contributed by atoms with Gasteiger partial charge in [0.05, 0.1) is 5.92 Å². The summed E-state index contributed by atoms with van der Waals surface area (Å²) in [5.74, 6) is -0.991. The molecule has 0 spiro atoms. The number of carbonyl (C=O) groups is 2. The summed E-state index contributed by atoms with van der Waals surface area (Å²) < 4.78 is 0.